The molecule has 0 aliphatic carbocycles. The van der Waals surface area contributed by atoms with Gasteiger partial charge in [0, 0.05) is 21.9 Å². The molecule has 0 bridgehead atoms. The fraction of sp³-hybridized carbons (Fsp3) is 0.121. The number of pyridine rings is 1. The molecule has 0 atom stereocenters. The maximum atomic E-state index is 4.93. The second-order valence-corrected chi connectivity index (χ2v) is 13.6. The molecule has 1 heterocycles. The molecule has 6 rings (SSSR count). The zero-order valence-electron chi connectivity index (χ0n) is 22.2. The molecule has 0 saturated heterocycles. The Morgan fingerprint density at radius 2 is 1.05 bits per heavy atom. The van der Waals surface area contributed by atoms with Crippen molar-refractivity contribution in [1.29, 1.82) is 0 Å². The molecule has 1 aromatic heterocycles. The van der Waals surface area contributed by atoms with Crippen molar-refractivity contribution < 1.29 is 20.8 Å². The normalized spacial score (nSPS) is 9.84. The number of aromatic nitrogens is 1. The third kappa shape index (κ3) is 8.35. The molecule has 0 fully saturated rings. The van der Waals surface area contributed by atoms with Crippen LogP contribution in [0.5, 0.6) is 0 Å². The van der Waals surface area contributed by atoms with E-state index in [4.69, 9.17) is 17.0 Å². The summed E-state index contributed by atoms with van der Waals surface area (Å²) in [5.74, 6) is 0. The van der Waals surface area contributed by atoms with Gasteiger partial charge in [0.05, 0.1) is 0 Å². The Kier molecular flexibility index (Phi) is 12.7. The standard InChI is InChI=1S/C16H13.C15H12N.C2H6Si.2ClH.Zr/c1-12-10-14-8-5-9-15(16(14)11-12)13-6-3-2-4-7-13;1-11-9-13-3-2-4-14(15(13)10-11)12-5-7-16-8-6-12;1-3-2;;;/h2-11H,1H3;2-10H,1H3;1-2H3;2*1H;/q2*-1;;;;+4/p-2. The molecule has 5 heteroatoms. The molecule has 0 amide bonds. The van der Waals surface area contributed by atoms with Crippen molar-refractivity contribution in [3.63, 3.8) is 0 Å². The predicted molar refractivity (Wildman–Crippen MR) is 166 cm³/mol. The van der Waals surface area contributed by atoms with E-state index in [0.29, 0.717) is 0 Å². The summed E-state index contributed by atoms with van der Waals surface area (Å²) < 4.78 is 0. The van der Waals surface area contributed by atoms with Gasteiger partial charge in [-0.25, -0.2) is 0 Å². The van der Waals surface area contributed by atoms with Gasteiger partial charge in [0.15, 0.2) is 0 Å². The molecular formula is C33H31Cl2NSiZr. The summed E-state index contributed by atoms with van der Waals surface area (Å²) in [5, 5.41) is 5.32. The van der Waals surface area contributed by atoms with E-state index in [1.165, 1.54) is 54.9 Å². The zero-order valence-corrected chi connectivity index (χ0v) is 27.1. The molecule has 0 N–H and O–H groups in total. The third-order valence-corrected chi connectivity index (χ3v) is 5.87. The van der Waals surface area contributed by atoms with Crippen LogP contribution in [0.25, 0.3) is 43.8 Å². The SMILES string of the molecule is C[Si]C.Cc1cc2c(-c3ccccc3)cccc2[cH-]1.Cc1cc2c(-c3ccncc3)cccc2[cH-]1.[Cl][Zr+2][Cl]. The number of hydrogen-bond acceptors (Lipinski definition) is 1. The number of halogens is 2. The maximum absolute atomic E-state index is 4.93. The number of fused-ring (bicyclic) bond motifs is 2. The van der Waals surface area contributed by atoms with Gasteiger partial charge in [-0.2, -0.15) is 12.1 Å². The van der Waals surface area contributed by atoms with Gasteiger partial charge in [0.1, 0.15) is 0 Å². The van der Waals surface area contributed by atoms with Gasteiger partial charge in [-0.1, -0.05) is 80.5 Å². The monoisotopic (exact) mass is 629 g/mol. The van der Waals surface area contributed by atoms with E-state index >= 15 is 0 Å². The van der Waals surface area contributed by atoms with Crippen molar-refractivity contribution in [1.82, 2.24) is 4.98 Å². The minimum atomic E-state index is -0.826. The number of rotatable bonds is 2. The topological polar surface area (TPSA) is 12.9 Å². The second-order valence-electron chi connectivity index (χ2n) is 8.86. The second kappa shape index (κ2) is 16.0. The van der Waals surface area contributed by atoms with Crippen molar-refractivity contribution >= 4 is 48.1 Å². The van der Waals surface area contributed by atoms with E-state index in [1.54, 1.807) is 0 Å². The quantitative estimate of drug-likeness (QED) is 0.137. The zero-order chi connectivity index (χ0) is 27.3. The third-order valence-electron chi connectivity index (χ3n) is 5.87. The van der Waals surface area contributed by atoms with E-state index in [9.17, 15) is 0 Å². The molecule has 0 unspecified atom stereocenters. The molecule has 0 spiro atoms. The Bertz CT molecular complexity index is 1410. The van der Waals surface area contributed by atoms with E-state index < -0.39 is 20.8 Å². The van der Waals surface area contributed by atoms with Crippen LogP contribution in [-0.2, 0) is 20.8 Å². The number of hydrogen-bond donors (Lipinski definition) is 0. The fourth-order valence-corrected chi connectivity index (χ4v) is 4.42. The first kappa shape index (κ1) is 30.3. The molecule has 38 heavy (non-hydrogen) atoms. The first-order valence-corrected chi connectivity index (χ1v) is 20.7. The van der Waals surface area contributed by atoms with Gasteiger partial charge < -0.3 is 0 Å². The summed E-state index contributed by atoms with van der Waals surface area (Å²) in [4.78, 5) is 4.06. The van der Waals surface area contributed by atoms with Gasteiger partial charge in [-0.15, -0.1) is 69.1 Å². The summed E-state index contributed by atoms with van der Waals surface area (Å²) >= 11 is -0.826. The molecule has 2 radical (unpaired) electrons. The van der Waals surface area contributed by atoms with Crippen LogP contribution >= 0.6 is 17.0 Å². The van der Waals surface area contributed by atoms with Crippen LogP contribution in [0.15, 0.2) is 116 Å². The molecule has 6 aromatic rings. The van der Waals surface area contributed by atoms with Crippen LogP contribution in [0.1, 0.15) is 11.1 Å². The summed E-state index contributed by atoms with van der Waals surface area (Å²) in [5.41, 5.74) is 7.78. The number of aryl methyl sites for hydroxylation is 2. The molecular weight excluding hydrogens is 601 g/mol. The Morgan fingerprint density at radius 1 is 0.632 bits per heavy atom. The van der Waals surface area contributed by atoms with Crippen LogP contribution in [-0.4, -0.2) is 14.5 Å². The van der Waals surface area contributed by atoms with Crippen molar-refractivity contribution in [3.8, 4) is 22.3 Å². The van der Waals surface area contributed by atoms with Gasteiger partial charge in [-0.05, 0) is 23.3 Å². The molecule has 190 valence electrons. The van der Waals surface area contributed by atoms with Crippen LogP contribution in [0.2, 0.25) is 13.1 Å². The van der Waals surface area contributed by atoms with Crippen LogP contribution in [0.3, 0.4) is 0 Å². The number of nitrogens with zero attached hydrogens (tertiary/aromatic N) is 1. The molecule has 0 aliphatic heterocycles. The van der Waals surface area contributed by atoms with Gasteiger partial charge in [-0.3, -0.25) is 4.98 Å². The summed E-state index contributed by atoms with van der Waals surface area (Å²) in [6.07, 6.45) is 3.67. The Hall–Kier alpha value is -2.29. The fourth-order valence-electron chi connectivity index (χ4n) is 4.42. The molecule has 0 saturated carbocycles. The van der Waals surface area contributed by atoms with E-state index in [2.05, 4.69) is 135 Å². The average molecular weight is 632 g/mol. The van der Waals surface area contributed by atoms with Crippen LogP contribution < -0.4 is 0 Å². The first-order valence-electron chi connectivity index (χ1n) is 12.3. The minimum absolute atomic E-state index is 0.826. The van der Waals surface area contributed by atoms with Crippen molar-refractivity contribution in [2.75, 3.05) is 0 Å². The average Bonchev–Trinajstić information content (AvgIpc) is 3.51. The molecule has 5 aromatic carbocycles. The Labute approximate surface area is 248 Å². The van der Waals surface area contributed by atoms with Crippen molar-refractivity contribution in [2.24, 2.45) is 0 Å². The predicted octanol–water partition coefficient (Wildman–Crippen LogP) is 10.6. The number of benzene rings is 3. The summed E-state index contributed by atoms with van der Waals surface area (Å²) in [7, 11) is 11.0. The van der Waals surface area contributed by atoms with E-state index in [-0.39, 0.29) is 0 Å². The van der Waals surface area contributed by atoms with Crippen molar-refractivity contribution in [3.05, 3.63) is 127 Å². The van der Waals surface area contributed by atoms with Crippen molar-refractivity contribution in [2.45, 2.75) is 26.9 Å². The van der Waals surface area contributed by atoms with Crippen LogP contribution in [0, 0.1) is 13.8 Å². The van der Waals surface area contributed by atoms with Gasteiger partial charge in [0.25, 0.3) is 0 Å². The Balaban J connectivity index is 0.000000175. The Morgan fingerprint density at radius 3 is 1.50 bits per heavy atom. The van der Waals surface area contributed by atoms with E-state index in [0.717, 1.165) is 9.52 Å². The first-order chi connectivity index (χ1) is 18.5. The summed E-state index contributed by atoms with van der Waals surface area (Å²) in [6.45, 7) is 8.59. The van der Waals surface area contributed by atoms with Crippen LogP contribution in [0.4, 0.5) is 0 Å². The molecule has 1 nitrogen and oxygen atoms in total. The molecule has 0 aliphatic rings. The summed E-state index contributed by atoms with van der Waals surface area (Å²) in [6, 6.07) is 36.6. The van der Waals surface area contributed by atoms with Gasteiger partial charge in [0.2, 0.25) is 0 Å². The van der Waals surface area contributed by atoms with Gasteiger partial charge >= 0.3 is 37.9 Å². The van der Waals surface area contributed by atoms with E-state index in [1.807, 2.05) is 12.4 Å².